The van der Waals surface area contributed by atoms with E-state index >= 15 is 0 Å². The number of likely N-dealkylation sites (N-methyl/N-ethyl adjacent to an activating group) is 1. The molecule has 10 heteroatoms. The molecule has 2 atom stereocenters. The molecule has 0 bridgehead atoms. The van der Waals surface area contributed by atoms with Gasteiger partial charge in [-0.15, -0.1) is 0 Å². The predicted molar refractivity (Wildman–Crippen MR) is 119 cm³/mol. The molecule has 0 unspecified atom stereocenters. The summed E-state index contributed by atoms with van der Waals surface area (Å²) in [7, 11) is 2.05. The maximum Gasteiger partial charge on any atom is 0.253 e. The van der Waals surface area contributed by atoms with Crippen LogP contribution in [0.4, 0.5) is 21.8 Å². The summed E-state index contributed by atoms with van der Waals surface area (Å²) in [5.41, 5.74) is 6.74. The lowest BCUT2D eigenvalue weighted by Gasteiger charge is -2.32. The van der Waals surface area contributed by atoms with E-state index in [1.165, 1.54) is 0 Å². The van der Waals surface area contributed by atoms with Gasteiger partial charge in [-0.25, -0.2) is 9.37 Å². The minimum absolute atomic E-state index is 0.00902. The van der Waals surface area contributed by atoms with Crippen LogP contribution in [-0.4, -0.2) is 70.9 Å². The summed E-state index contributed by atoms with van der Waals surface area (Å²) in [5, 5.41) is 6.04. The molecule has 1 saturated carbocycles. The number of aromatic nitrogens is 2. The van der Waals surface area contributed by atoms with Gasteiger partial charge in [-0.05, 0) is 44.2 Å². The number of carbonyl (C=O) groups excluding carboxylic acids is 2. The third-order valence-corrected chi connectivity index (χ3v) is 6.13. The highest BCUT2D eigenvalue weighted by Crippen LogP contribution is 2.29. The fraction of sp³-hybridized carbons (Fsp3) is 0.455. The van der Waals surface area contributed by atoms with Crippen molar-refractivity contribution in [3.63, 3.8) is 0 Å². The fourth-order valence-corrected chi connectivity index (χ4v) is 4.19. The van der Waals surface area contributed by atoms with Crippen LogP contribution in [-0.2, 0) is 4.79 Å². The zero-order valence-electron chi connectivity index (χ0n) is 18.1. The van der Waals surface area contributed by atoms with Gasteiger partial charge in [0.05, 0.1) is 12.1 Å². The van der Waals surface area contributed by atoms with Crippen molar-refractivity contribution in [1.29, 1.82) is 0 Å². The molecule has 1 aliphatic carbocycles. The van der Waals surface area contributed by atoms with Gasteiger partial charge < -0.3 is 26.2 Å². The first-order chi connectivity index (χ1) is 15.4. The van der Waals surface area contributed by atoms with Gasteiger partial charge in [0, 0.05) is 43.5 Å². The highest BCUT2D eigenvalue weighted by molar-refractivity contribution is 5.94. The molecule has 2 aliphatic rings. The summed E-state index contributed by atoms with van der Waals surface area (Å²) in [5.74, 6) is -1.08. The molecular weight excluding hydrogens is 413 g/mol. The van der Waals surface area contributed by atoms with Gasteiger partial charge in [0.25, 0.3) is 5.91 Å². The van der Waals surface area contributed by atoms with Crippen LogP contribution in [0.1, 0.15) is 29.6 Å². The first-order valence-electron chi connectivity index (χ1n) is 10.8. The quantitative estimate of drug-likeness (QED) is 0.626. The standard InChI is InChI=1S/C22H28FN7O2/c1-29-9-11-30(12-10-29)21(32)14-5-7-15(8-6-14)26-22-25-13-17(23)20(28-22)27-18-4-2-3-16(18)19(24)31/h5-8,13,16,18H,2-4,9-12H2,1H3,(H2,24,31)(H2,25,26,27,28)/t16-,18+/m0/s1. The number of nitrogens with two attached hydrogens (primary N) is 1. The highest BCUT2D eigenvalue weighted by Gasteiger charge is 2.32. The molecule has 2 heterocycles. The van der Waals surface area contributed by atoms with Crippen LogP contribution in [0, 0.1) is 11.7 Å². The van der Waals surface area contributed by atoms with Gasteiger partial charge in [0.2, 0.25) is 11.9 Å². The first-order valence-corrected chi connectivity index (χ1v) is 10.8. The van der Waals surface area contributed by atoms with E-state index in [2.05, 4.69) is 25.5 Å². The molecule has 0 spiro atoms. The monoisotopic (exact) mass is 441 g/mol. The third-order valence-electron chi connectivity index (χ3n) is 6.13. The zero-order chi connectivity index (χ0) is 22.7. The molecule has 1 aromatic carbocycles. The molecule has 0 radical (unpaired) electrons. The maximum atomic E-state index is 14.3. The van der Waals surface area contributed by atoms with Crippen molar-refractivity contribution >= 4 is 29.3 Å². The van der Waals surface area contributed by atoms with Crippen LogP contribution in [0.2, 0.25) is 0 Å². The molecule has 4 rings (SSSR count). The van der Waals surface area contributed by atoms with Crippen molar-refractivity contribution in [3.8, 4) is 0 Å². The third kappa shape index (κ3) is 4.96. The number of primary amides is 1. The van der Waals surface area contributed by atoms with Gasteiger partial charge in [0.15, 0.2) is 11.6 Å². The molecule has 170 valence electrons. The molecule has 9 nitrogen and oxygen atoms in total. The molecule has 1 aliphatic heterocycles. The van der Waals surface area contributed by atoms with Gasteiger partial charge in [-0.1, -0.05) is 6.42 Å². The van der Waals surface area contributed by atoms with E-state index in [-0.39, 0.29) is 35.5 Å². The Balaban J connectivity index is 1.41. The minimum Gasteiger partial charge on any atom is -0.369 e. The molecule has 1 saturated heterocycles. The van der Waals surface area contributed by atoms with Crippen LogP contribution in [0.5, 0.6) is 0 Å². The van der Waals surface area contributed by atoms with Crippen molar-refractivity contribution < 1.29 is 14.0 Å². The molecule has 4 N–H and O–H groups in total. The number of carbonyl (C=O) groups is 2. The number of nitrogens with zero attached hydrogens (tertiary/aromatic N) is 4. The number of piperazine rings is 1. The number of amides is 2. The number of halogens is 1. The van der Waals surface area contributed by atoms with Crippen molar-refractivity contribution in [2.75, 3.05) is 43.9 Å². The molecule has 1 aromatic heterocycles. The predicted octanol–water partition coefficient (Wildman–Crippen LogP) is 1.81. The Hall–Kier alpha value is -3.27. The second-order valence-electron chi connectivity index (χ2n) is 8.38. The van der Waals surface area contributed by atoms with E-state index in [9.17, 15) is 14.0 Å². The van der Waals surface area contributed by atoms with Crippen molar-refractivity contribution in [3.05, 3.63) is 41.8 Å². The van der Waals surface area contributed by atoms with E-state index in [4.69, 9.17) is 5.73 Å². The van der Waals surface area contributed by atoms with Crippen molar-refractivity contribution in [2.24, 2.45) is 11.7 Å². The topological polar surface area (TPSA) is 116 Å². The van der Waals surface area contributed by atoms with E-state index < -0.39 is 5.82 Å². The largest absolute Gasteiger partial charge is 0.369 e. The number of rotatable bonds is 6. The summed E-state index contributed by atoms with van der Waals surface area (Å²) in [6.45, 7) is 3.16. The number of hydrogen-bond acceptors (Lipinski definition) is 7. The fourth-order valence-electron chi connectivity index (χ4n) is 4.19. The lowest BCUT2D eigenvalue weighted by molar-refractivity contribution is -0.121. The van der Waals surface area contributed by atoms with Crippen LogP contribution in [0.3, 0.4) is 0 Å². The lowest BCUT2D eigenvalue weighted by Crippen LogP contribution is -2.47. The zero-order valence-corrected chi connectivity index (χ0v) is 18.1. The maximum absolute atomic E-state index is 14.3. The van der Waals surface area contributed by atoms with Crippen LogP contribution >= 0.6 is 0 Å². The average Bonchev–Trinajstić information content (AvgIpc) is 3.25. The number of hydrogen-bond donors (Lipinski definition) is 3. The summed E-state index contributed by atoms with van der Waals surface area (Å²) in [6.07, 6.45) is 3.34. The number of benzene rings is 1. The van der Waals surface area contributed by atoms with Gasteiger partial charge in [-0.3, -0.25) is 9.59 Å². The summed E-state index contributed by atoms with van der Waals surface area (Å²) in [6, 6.07) is 6.79. The van der Waals surface area contributed by atoms with E-state index in [1.807, 2.05) is 11.9 Å². The summed E-state index contributed by atoms with van der Waals surface area (Å²) < 4.78 is 14.3. The van der Waals surface area contributed by atoms with Crippen LogP contribution in [0.25, 0.3) is 0 Å². The van der Waals surface area contributed by atoms with Crippen molar-refractivity contribution in [2.45, 2.75) is 25.3 Å². The summed E-state index contributed by atoms with van der Waals surface area (Å²) in [4.78, 5) is 36.5. The Labute approximate surface area is 186 Å². The van der Waals surface area contributed by atoms with E-state index in [1.54, 1.807) is 24.3 Å². The van der Waals surface area contributed by atoms with Gasteiger partial charge in [0.1, 0.15) is 0 Å². The lowest BCUT2D eigenvalue weighted by atomic mass is 10.0. The number of anilines is 3. The SMILES string of the molecule is CN1CCN(C(=O)c2ccc(Nc3ncc(F)c(N[C@@H]4CCC[C@@H]4C(N)=O)n3)cc2)CC1. The van der Waals surface area contributed by atoms with Crippen LogP contribution < -0.4 is 16.4 Å². The number of nitrogens with one attached hydrogen (secondary N) is 2. The average molecular weight is 442 g/mol. The molecule has 32 heavy (non-hydrogen) atoms. The molecular formula is C22H28FN7O2. The Morgan fingerprint density at radius 3 is 2.53 bits per heavy atom. The van der Waals surface area contributed by atoms with E-state index in [0.29, 0.717) is 30.8 Å². The highest BCUT2D eigenvalue weighted by atomic mass is 19.1. The molecule has 2 amide bonds. The van der Waals surface area contributed by atoms with Gasteiger partial charge in [-0.2, -0.15) is 4.98 Å². The Bertz CT molecular complexity index is 977. The summed E-state index contributed by atoms with van der Waals surface area (Å²) >= 11 is 0. The van der Waals surface area contributed by atoms with Crippen molar-refractivity contribution in [1.82, 2.24) is 19.8 Å². The Morgan fingerprint density at radius 1 is 1.12 bits per heavy atom. The van der Waals surface area contributed by atoms with Crippen LogP contribution in [0.15, 0.2) is 30.5 Å². The molecule has 2 aromatic rings. The van der Waals surface area contributed by atoms with E-state index in [0.717, 1.165) is 32.1 Å². The normalized spacial score (nSPS) is 21.4. The Morgan fingerprint density at radius 2 is 1.84 bits per heavy atom. The second kappa shape index (κ2) is 9.47. The smallest absolute Gasteiger partial charge is 0.253 e. The van der Waals surface area contributed by atoms with Gasteiger partial charge >= 0.3 is 0 Å². The second-order valence-corrected chi connectivity index (χ2v) is 8.38. The minimum atomic E-state index is -0.598. The first kappa shape index (κ1) is 21.9. The Kier molecular flexibility index (Phi) is 6.50. The molecule has 2 fully saturated rings.